The fraction of sp³-hybridized carbons (Fsp3) is 0.164. The molecule has 12 rings (SSSR count). The summed E-state index contributed by atoms with van der Waals surface area (Å²) in [5, 5.41) is 1.96. The molecule has 0 atom stereocenters. The standard InChI is InChI=1S/C55H42N2O/c1-53(2)42-16-10-7-13-35(42)38-23-19-32(28-45(38)53)31-22-26-48-41(27-31)49-50(33-20-24-39-36-14-8-11-17-43(36)54(3,4)46(39)29-33)56-51(57-52(49)58-48)34-21-25-40-37-15-9-12-18-44(37)55(5,6)47(40)30-34/h7-30H,1-6H3. The van der Waals surface area contributed by atoms with Gasteiger partial charge >= 0.3 is 0 Å². The van der Waals surface area contributed by atoms with Crippen molar-refractivity contribution in [3.05, 3.63) is 179 Å². The minimum atomic E-state index is -0.149. The van der Waals surface area contributed by atoms with Crippen LogP contribution in [0.4, 0.5) is 0 Å². The maximum absolute atomic E-state index is 6.73. The molecule has 2 aromatic heterocycles. The highest BCUT2D eigenvalue weighted by atomic mass is 16.3. The number of rotatable bonds is 3. The maximum atomic E-state index is 6.73. The van der Waals surface area contributed by atoms with E-state index in [4.69, 9.17) is 14.4 Å². The van der Waals surface area contributed by atoms with Crippen LogP contribution in [0.15, 0.2) is 150 Å². The molecule has 2 heterocycles. The summed E-state index contributed by atoms with van der Waals surface area (Å²) >= 11 is 0. The van der Waals surface area contributed by atoms with Crippen molar-refractivity contribution in [2.24, 2.45) is 0 Å². The van der Waals surface area contributed by atoms with Crippen LogP contribution in [-0.2, 0) is 16.2 Å². The third-order valence-electron chi connectivity index (χ3n) is 13.9. The smallest absolute Gasteiger partial charge is 0.231 e. The van der Waals surface area contributed by atoms with Gasteiger partial charge in [-0.05, 0) is 108 Å². The lowest BCUT2D eigenvalue weighted by Gasteiger charge is -2.22. The first-order valence-electron chi connectivity index (χ1n) is 20.5. The summed E-state index contributed by atoms with van der Waals surface area (Å²) in [6, 6.07) is 53.6. The highest BCUT2D eigenvalue weighted by Gasteiger charge is 2.38. The fourth-order valence-corrected chi connectivity index (χ4v) is 10.8. The van der Waals surface area contributed by atoms with E-state index in [0.717, 1.165) is 38.7 Å². The van der Waals surface area contributed by atoms with Crippen molar-refractivity contribution < 1.29 is 4.42 Å². The summed E-state index contributed by atoms with van der Waals surface area (Å²) in [7, 11) is 0. The molecule has 0 saturated heterocycles. The number of furan rings is 1. The zero-order valence-corrected chi connectivity index (χ0v) is 33.7. The largest absolute Gasteiger partial charge is 0.438 e. The van der Waals surface area contributed by atoms with E-state index in [1.165, 1.54) is 72.3 Å². The van der Waals surface area contributed by atoms with Crippen molar-refractivity contribution in [1.29, 1.82) is 0 Å². The van der Waals surface area contributed by atoms with E-state index in [1.807, 2.05) is 0 Å². The number of nitrogens with zero attached hydrogens (tertiary/aromatic N) is 2. The molecule has 0 fully saturated rings. The first-order valence-corrected chi connectivity index (χ1v) is 20.5. The molecule has 0 spiro atoms. The molecule has 0 radical (unpaired) electrons. The quantitative estimate of drug-likeness (QED) is 0.181. The van der Waals surface area contributed by atoms with Gasteiger partial charge in [0.15, 0.2) is 5.82 Å². The normalized spacial score (nSPS) is 15.8. The monoisotopic (exact) mass is 746 g/mol. The molecule has 3 heteroatoms. The van der Waals surface area contributed by atoms with E-state index < -0.39 is 0 Å². The highest BCUT2D eigenvalue weighted by Crippen LogP contribution is 2.53. The summed E-state index contributed by atoms with van der Waals surface area (Å²) in [6.07, 6.45) is 0. The van der Waals surface area contributed by atoms with E-state index in [2.05, 4.69) is 187 Å². The molecule has 3 nitrogen and oxygen atoms in total. The molecule has 0 aliphatic heterocycles. The third kappa shape index (κ3) is 4.39. The van der Waals surface area contributed by atoms with Crippen LogP contribution in [0.3, 0.4) is 0 Å². The minimum absolute atomic E-state index is 0.0810. The summed E-state index contributed by atoms with van der Waals surface area (Å²) in [6.45, 7) is 14.0. The Bertz CT molecular complexity index is 3270. The van der Waals surface area contributed by atoms with Gasteiger partial charge in [-0.15, -0.1) is 0 Å². The number of fused-ring (bicyclic) bond motifs is 12. The summed E-state index contributed by atoms with van der Waals surface area (Å²) in [5.41, 5.74) is 22.2. The third-order valence-corrected chi connectivity index (χ3v) is 13.9. The van der Waals surface area contributed by atoms with Gasteiger partial charge < -0.3 is 4.42 Å². The van der Waals surface area contributed by atoms with Crippen LogP contribution in [0, 0.1) is 0 Å². The van der Waals surface area contributed by atoms with Crippen molar-refractivity contribution in [2.45, 2.75) is 57.8 Å². The van der Waals surface area contributed by atoms with E-state index in [1.54, 1.807) is 0 Å². The predicted octanol–water partition coefficient (Wildman–Crippen LogP) is 14.3. The van der Waals surface area contributed by atoms with E-state index >= 15 is 0 Å². The SMILES string of the molecule is CC1(C)c2ccccc2-c2ccc(-c3ccc4oc5nc(-c6ccc7c(c6)C(C)(C)c6ccccc6-7)nc(-c6ccc7c(c6)C(C)(C)c6ccccc6-7)c5c4c3)cc21. The molecule has 0 bridgehead atoms. The first-order chi connectivity index (χ1) is 28.0. The van der Waals surface area contributed by atoms with Crippen LogP contribution in [0.5, 0.6) is 0 Å². The van der Waals surface area contributed by atoms with Gasteiger partial charge in [-0.3, -0.25) is 0 Å². The van der Waals surface area contributed by atoms with Crippen molar-refractivity contribution in [1.82, 2.24) is 9.97 Å². The summed E-state index contributed by atoms with van der Waals surface area (Å²) in [5.74, 6) is 0.666. The van der Waals surface area contributed by atoms with E-state index in [0.29, 0.717) is 11.5 Å². The van der Waals surface area contributed by atoms with Crippen LogP contribution >= 0.6 is 0 Å². The van der Waals surface area contributed by atoms with Crippen LogP contribution in [0.1, 0.15) is 74.9 Å². The Labute approximate surface area is 339 Å². The van der Waals surface area contributed by atoms with Gasteiger partial charge in [0.1, 0.15) is 5.58 Å². The lowest BCUT2D eigenvalue weighted by molar-refractivity contribution is 0.653. The first kappa shape index (κ1) is 33.5. The molecule has 9 aromatic rings. The van der Waals surface area contributed by atoms with Gasteiger partial charge in [-0.25, -0.2) is 4.98 Å². The second-order valence-electron chi connectivity index (χ2n) is 18.2. The minimum Gasteiger partial charge on any atom is -0.438 e. The Morgan fingerprint density at radius 1 is 0.379 bits per heavy atom. The second-order valence-corrected chi connectivity index (χ2v) is 18.2. The molecule has 278 valence electrons. The molecular weight excluding hydrogens is 705 g/mol. The second kappa shape index (κ2) is 11.3. The van der Waals surface area contributed by atoms with Crippen LogP contribution in [0.2, 0.25) is 0 Å². The number of benzene rings is 7. The number of hydrogen-bond donors (Lipinski definition) is 0. The Hall–Kier alpha value is -6.58. The van der Waals surface area contributed by atoms with Crippen molar-refractivity contribution >= 4 is 22.1 Å². The predicted molar refractivity (Wildman–Crippen MR) is 238 cm³/mol. The van der Waals surface area contributed by atoms with Crippen molar-refractivity contribution in [3.8, 4) is 67.2 Å². The van der Waals surface area contributed by atoms with Crippen LogP contribution < -0.4 is 0 Å². The lowest BCUT2D eigenvalue weighted by atomic mass is 9.81. The van der Waals surface area contributed by atoms with Gasteiger partial charge in [0.05, 0.1) is 11.1 Å². The molecular formula is C55H42N2O. The summed E-state index contributed by atoms with van der Waals surface area (Å²) < 4.78 is 6.73. The Kier molecular flexibility index (Phi) is 6.53. The van der Waals surface area contributed by atoms with Crippen LogP contribution in [0.25, 0.3) is 89.2 Å². The summed E-state index contributed by atoms with van der Waals surface area (Å²) in [4.78, 5) is 10.8. The molecule has 0 N–H and O–H groups in total. The average molecular weight is 747 g/mol. The zero-order chi connectivity index (χ0) is 39.3. The Balaban J connectivity index is 1.06. The Morgan fingerprint density at radius 3 is 1.34 bits per heavy atom. The molecule has 3 aliphatic rings. The van der Waals surface area contributed by atoms with Crippen molar-refractivity contribution in [2.75, 3.05) is 0 Å². The lowest BCUT2D eigenvalue weighted by Crippen LogP contribution is -2.15. The molecule has 0 saturated carbocycles. The highest BCUT2D eigenvalue weighted by molar-refractivity contribution is 6.12. The zero-order valence-electron chi connectivity index (χ0n) is 33.7. The fourth-order valence-electron chi connectivity index (χ4n) is 10.8. The van der Waals surface area contributed by atoms with Gasteiger partial charge in [0, 0.05) is 32.8 Å². The van der Waals surface area contributed by atoms with Gasteiger partial charge in [0.25, 0.3) is 0 Å². The van der Waals surface area contributed by atoms with Gasteiger partial charge in [-0.1, -0.05) is 157 Å². The van der Waals surface area contributed by atoms with E-state index in [9.17, 15) is 0 Å². The maximum Gasteiger partial charge on any atom is 0.231 e. The topological polar surface area (TPSA) is 38.9 Å². The number of aromatic nitrogens is 2. The van der Waals surface area contributed by atoms with Gasteiger partial charge in [0.2, 0.25) is 5.71 Å². The molecule has 3 aliphatic carbocycles. The molecule has 58 heavy (non-hydrogen) atoms. The molecule has 0 unspecified atom stereocenters. The number of hydrogen-bond acceptors (Lipinski definition) is 3. The van der Waals surface area contributed by atoms with Crippen molar-refractivity contribution in [3.63, 3.8) is 0 Å². The molecule has 0 amide bonds. The Morgan fingerprint density at radius 2 is 0.793 bits per heavy atom. The molecule has 7 aromatic carbocycles. The van der Waals surface area contributed by atoms with Crippen LogP contribution in [-0.4, -0.2) is 9.97 Å². The van der Waals surface area contributed by atoms with E-state index in [-0.39, 0.29) is 16.2 Å². The van der Waals surface area contributed by atoms with Gasteiger partial charge in [-0.2, -0.15) is 4.98 Å². The average Bonchev–Trinajstić information content (AvgIpc) is 3.88.